The van der Waals surface area contributed by atoms with Gasteiger partial charge in [-0.2, -0.15) is 0 Å². The number of amides is 1. The molecule has 2 aromatic heterocycles. The van der Waals surface area contributed by atoms with Gasteiger partial charge < -0.3 is 4.90 Å². The lowest BCUT2D eigenvalue weighted by Crippen LogP contribution is -2.47. The van der Waals surface area contributed by atoms with Gasteiger partial charge in [0.2, 0.25) is 5.91 Å². The summed E-state index contributed by atoms with van der Waals surface area (Å²) in [5.41, 5.74) is 2.14. The van der Waals surface area contributed by atoms with Crippen LogP contribution in [0.25, 0.3) is 0 Å². The lowest BCUT2D eigenvalue weighted by atomic mass is 9.78. The fourth-order valence-corrected chi connectivity index (χ4v) is 4.25. The maximum Gasteiger partial charge on any atom is 0.230 e. The highest BCUT2D eigenvalue weighted by atomic mass is 16.2. The number of piperidine rings is 1. The van der Waals surface area contributed by atoms with E-state index in [9.17, 15) is 4.79 Å². The van der Waals surface area contributed by atoms with Gasteiger partial charge in [-0.1, -0.05) is 12.1 Å². The number of rotatable bonds is 4. The van der Waals surface area contributed by atoms with Crippen molar-refractivity contribution in [2.75, 3.05) is 19.6 Å². The van der Waals surface area contributed by atoms with Crippen LogP contribution in [0, 0.1) is 5.41 Å². The van der Waals surface area contributed by atoms with Crippen molar-refractivity contribution in [2.45, 2.75) is 32.4 Å². The summed E-state index contributed by atoms with van der Waals surface area (Å²) in [6.45, 7) is 4.34. The Balaban J connectivity index is 1.43. The molecule has 0 aromatic carbocycles. The minimum Gasteiger partial charge on any atom is -0.338 e. The molecule has 4 heterocycles. The zero-order chi connectivity index (χ0) is 17.1. The molecule has 5 heteroatoms. The van der Waals surface area contributed by atoms with Crippen molar-refractivity contribution in [3.63, 3.8) is 0 Å². The van der Waals surface area contributed by atoms with Gasteiger partial charge in [0.1, 0.15) is 0 Å². The molecule has 2 aliphatic rings. The first-order valence-corrected chi connectivity index (χ1v) is 9.05. The number of carbonyl (C=O) groups excluding carboxylic acids is 1. The summed E-state index contributed by atoms with van der Waals surface area (Å²) in [6, 6.07) is 8.06. The summed E-state index contributed by atoms with van der Waals surface area (Å²) in [4.78, 5) is 26.0. The molecule has 0 unspecified atom stereocenters. The summed E-state index contributed by atoms with van der Waals surface area (Å²) in [5.74, 6) is 0.326. The van der Waals surface area contributed by atoms with Crippen LogP contribution in [0.5, 0.6) is 0 Å². The first kappa shape index (κ1) is 16.2. The molecular weight excluding hydrogens is 312 g/mol. The zero-order valence-corrected chi connectivity index (χ0v) is 14.5. The molecule has 130 valence electrons. The van der Waals surface area contributed by atoms with Gasteiger partial charge in [-0.25, -0.2) is 0 Å². The van der Waals surface area contributed by atoms with Crippen molar-refractivity contribution < 1.29 is 4.79 Å². The van der Waals surface area contributed by atoms with Crippen LogP contribution in [-0.2, 0) is 17.9 Å². The maximum atomic E-state index is 13.2. The third-order valence-corrected chi connectivity index (χ3v) is 5.48. The Labute approximate surface area is 148 Å². The molecule has 0 aliphatic carbocycles. The van der Waals surface area contributed by atoms with E-state index in [2.05, 4.69) is 20.9 Å². The normalized spacial score (nSPS) is 24.2. The van der Waals surface area contributed by atoms with E-state index < -0.39 is 0 Å². The Morgan fingerprint density at radius 3 is 2.36 bits per heavy atom. The third-order valence-electron chi connectivity index (χ3n) is 5.48. The van der Waals surface area contributed by atoms with Gasteiger partial charge in [-0.3, -0.25) is 19.7 Å². The molecule has 2 saturated heterocycles. The predicted octanol–water partition coefficient (Wildman–Crippen LogP) is 2.49. The number of hydrogen-bond donors (Lipinski definition) is 0. The highest BCUT2D eigenvalue weighted by molar-refractivity contribution is 5.85. The van der Waals surface area contributed by atoms with E-state index in [1.165, 1.54) is 5.56 Å². The Kier molecular flexibility index (Phi) is 4.49. The fraction of sp³-hybridized carbons (Fsp3) is 0.450. The third kappa shape index (κ3) is 3.42. The molecule has 2 fully saturated rings. The Hall–Kier alpha value is -2.27. The van der Waals surface area contributed by atoms with Crippen molar-refractivity contribution in [3.05, 3.63) is 60.2 Å². The van der Waals surface area contributed by atoms with Crippen molar-refractivity contribution in [1.29, 1.82) is 0 Å². The van der Waals surface area contributed by atoms with E-state index >= 15 is 0 Å². The highest BCUT2D eigenvalue weighted by Crippen LogP contribution is 2.40. The molecule has 2 aromatic rings. The molecule has 0 N–H and O–H groups in total. The molecule has 0 saturated carbocycles. The fourth-order valence-electron chi connectivity index (χ4n) is 4.25. The van der Waals surface area contributed by atoms with E-state index in [0.29, 0.717) is 12.5 Å². The average Bonchev–Trinajstić information content (AvgIpc) is 2.93. The van der Waals surface area contributed by atoms with E-state index in [-0.39, 0.29) is 5.41 Å². The Morgan fingerprint density at radius 2 is 1.68 bits per heavy atom. The molecule has 1 spiro atoms. The second-order valence-electron chi connectivity index (χ2n) is 7.29. The van der Waals surface area contributed by atoms with Crippen LogP contribution in [0.2, 0.25) is 0 Å². The lowest BCUT2D eigenvalue weighted by Gasteiger charge is -2.39. The quantitative estimate of drug-likeness (QED) is 0.861. The Bertz CT molecular complexity index is 721. The lowest BCUT2D eigenvalue weighted by molar-refractivity contribution is -0.139. The van der Waals surface area contributed by atoms with Crippen LogP contribution in [0.1, 0.15) is 30.4 Å². The van der Waals surface area contributed by atoms with Crippen LogP contribution in [-0.4, -0.2) is 45.3 Å². The van der Waals surface area contributed by atoms with Gasteiger partial charge in [-0.05, 0) is 49.1 Å². The van der Waals surface area contributed by atoms with E-state index in [1.807, 2.05) is 35.5 Å². The van der Waals surface area contributed by atoms with Gasteiger partial charge in [0.05, 0.1) is 5.41 Å². The van der Waals surface area contributed by atoms with Gasteiger partial charge in [-0.15, -0.1) is 0 Å². The largest absolute Gasteiger partial charge is 0.338 e. The minimum absolute atomic E-state index is 0.192. The van der Waals surface area contributed by atoms with Crippen molar-refractivity contribution in [1.82, 2.24) is 19.8 Å². The smallest absolute Gasteiger partial charge is 0.230 e. The molecule has 5 nitrogen and oxygen atoms in total. The number of likely N-dealkylation sites (tertiary alicyclic amines) is 2. The molecule has 1 atom stereocenters. The maximum absolute atomic E-state index is 13.2. The average molecular weight is 336 g/mol. The summed E-state index contributed by atoms with van der Waals surface area (Å²) >= 11 is 0. The second kappa shape index (κ2) is 6.92. The monoisotopic (exact) mass is 336 g/mol. The first-order valence-electron chi connectivity index (χ1n) is 9.05. The molecular formula is C20H24N4O. The standard InChI is InChI=1S/C20H24N4O/c25-19-20(7-11-24(19)15-18-5-2-9-22-13-18)6-3-10-23(16-20)14-17-4-1-8-21-12-17/h1-2,4-5,8-9,12-13H,3,6-7,10-11,14-16H2/t20-/m0/s1. The summed E-state index contributed by atoms with van der Waals surface area (Å²) in [7, 11) is 0. The van der Waals surface area contributed by atoms with E-state index in [4.69, 9.17) is 0 Å². The highest BCUT2D eigenvalue weighted by Gasteiger charge is 2.48. The molecule has 0 bridgehead atoms. The van der Waals surface area contributed by atoms with Gasteiger partial charge in [0.25, 0.3) is 0 Å². The van der Waals surface area contributed by atoms with Crippen molar-refractivity contribution in [3.8, 4) is 0 Å². The molecule has 2 aliphatic heterocycles. The van der Waals surface area contributed by atoms with Gasteiger partial charge >= 0.3 is 0 Å². The van der Waals surface area contributed by atoms with Crippen LogP contribution < -0.4 is 0 Å². The SMILES string of the molecule is O=C1N(Cc2cccnc2)CC[C@]12CCCN(Cc1cccnc1)C2. The molecule has 1 amide bonds. The Morgan fingerprint density at radius 1 is 0.960 bits per heavy atom. The second-order valence-corrected chi connectivity index (χ2v) is 7.29. The molecule has 25 heavy (non-hydrogen) atoms. The van der Waals surface area contributed by atoms with E-state index in [1.54, 1.807) is 12.4 Å². The van der Waals surface area contributed by atoms with Gasteiger partial charge in [0.15, 0.2) is 0 Å². The van der Waals surface area contributed by atoms with Crippen LogP contribution in [0.4, 0.5) is 0 Å². The van der Waals surface area contributed by atoms with Crippen LogP contribution >= 0.6 is 0 Å². The van der Waals surface area contributed by atoms with E-state index in [0.717, 1.165) is 51.0 Å². The summed E-state index contributed by atoms with van der Waals surface area (Å²) < 4.78 is 0. The number of aromatic nitrogens is 2. The van der Waals surface area contributed by atoms with Gasteiger partial charge in [0, 0.05) is 51.0 Å². The van der Waals surface area contributed by atoms with Crippen LogP contribution in [0.3, 0.4) is 0 Å². The number of carbonyl (C=O) groups is 1. The summed E-state index contributed by atoms with van der Waals surface area (Å²) in [6.07, 6.45) is 10.4. The minimum atomic E-state index is -0.192. The van der Waals surface area contributed by atoms with Crippen LogP contribution in [0.15, 0.2) is 49.1 Å². The van der Waals surface area contributed by atoms with Crippen molar-refractivity contribution >= 4 is 5.91 Å². The topological polar surface area (TPSA) is 49.3 Å². The number of pyridine rings is 2. The summed E-state index contributed by atoms with van der Waals surface area (Å²) in [5, 5.41) is 0. The van der Waals surface area contributed by atoms with Crippen molar-refractivity contribution in [2.24, 2.45) is 5.41 Å². The number of hydrogen-bond acceptors (Lipinski definition) is 4. The zero-order valence-electron chi connectivity index (χ0n) is 14.5. The molecule has 0 radical (unpaired) electrons. The predicted molar refractivity (Wildman–Crippen MR) is 95.5 cm³/mol. The number of nitrogens with zero attached hydrogens (tertiary/aromatic N) is 4. The molecule has 4 rings (SSSR count). The first-order chi connectivity index (χ1) is 12.3.